The first kappa shape index (κ1) is 9.37. The van der Waals surface area contributed by atoms with Crippen molar-refractivity contribution in [3.8, 4) is 0 Å². The molecule has 1 aromatic carbocycles. The van der Waals surface area contributed by atoms with Crippen molar-refractivity contribution in [1.82, 2.24) is 4.90 Å². The molecule has 15 heavy (non-hydrogen) atoms. The molecule has 0 bridgehead atoms. The predicted octanol–water partition coefficient (Wildman–Crippen LogP) is 1.60. The first-order valence-corrected chi connectivity index (χ1v) is 5.86. The fourth-order valence-corrected chi connectivity index (χ4v) is 2.69. The van der Waals surface area contributed by atoms with Gasteiger partial charge in [0.2, 0.25) is 0 Å². The molecule has 1 saturated carbocycles. The Labute approximate surface area is 91.1 Å². The van der Waals surface area contributed by atoms with E-state index in [-0.39, 0.29) is 0 Å². The lowest BCUT2D eigenvalue weighted by molar-refractivity contribution is 0.267. The molecule has 2 heteroatoms. The summed E-state index contributed by atoms with van der Waals surface area (Å²) in [6.45, 7) is 4.41. The number of nitrogens with zero attached hydrogens (tertiary/aromatic N) is 1. The maximum atomic E-state index is 5.66. The molecule has 0 radical (unpaired) electrons. The van der Waals surface area contributed by atoms with Gasteiger partial charge in [-0.25, -0.2) is 0 Å². The van der Waals surface area contributed by atoms with E-state index in [0.717, 1.165) is 31.5 Å². The third kappa shape index (κ3) is 1.80. The van der Waals surface area contributed by atoms with E-state index < -0.39 is 0 Å². The highest BCUT2D eigenvalue weighted by molar-refractivity contribution is 5.30. The molecule has 1 heterocycles. The molecule has 80 valence electrons. The molecule has 0 unspecified atom stereocenters. The van der Waals surface area contributed by atoms with Crippen LogP contribution in [-0.2, 0) is 13.1 Å². The topological polar surface area (TPSA) is 29.3 Å². The number of hydrogen-bond acceptors (Lipinski definition) is 2. The fourth-order valence-electron chi connectivity index (χ4n) is 2.69. The van der Waals surface area contributed by atoms with Crippen LogP contribution in [0.4, 0.5) is 0 Å². The number of rotatable bonds is 3. The molecule has 0 amide bonds. The molecule has 0 spiro atoms. The van der Waals surface area contributed by atoms with Gasteiger partial charge in [0.25, 0.3) is 0 Å². The van der Waals surface area contributed by atoms with Crippen molar-refractivity contribution in [3.05, 3.63) is 35.4 Å². The summed E-state index contributed by atoms with van der Waals surface area (Å²) in [6.07, 6.45) is 1.35. The van der Waals surface area contributed by atoms with Crippen molar-refractivity contribution in [2.24, 2.45) is 17.6 Å². The summed E-state index contributed by atoms with van der Waals surface area (Å²) < 4.78 is 0. The normalized spacial score (nSPS) is 29.1. The molecular weight excluding hydrogens is 184 g/mol. The Hall–Kier alpha value is -0.860. The lowest BCUT2D eigenvalue weighted by atomic mass is 10.1. The second-order valence-corrected chi connectivity index (χ2v) is 4.93. The molecule has 2 aliphatic rings. The maximum absolute atomic E-state index is 5.66. The van der Waals surface area contributed by atoms with Gasteiger partial charge in [0, 0.05) is 19.6 Å². The molecule has 1 aromatic rings. The van der Waals surface area contributed by atoms with Crippen LogP contribution in [0.2, 0.25) is 0 Å². The number of hydrogen-bond donors (Lipinski definition) is 1. The summed E-state index contributed by atoms with van der Waals surface area (Å²) in [6, 6.07) is 8.79. The Balaban J connectivity index is 1.60. The van der Waals surface area contributed by atoms with Crippen LogP contribution in [0.25, 0.3) is 0 Å². The number of benzene rings is 1. The molecule has 1 aliphatic carbocycles. The molecule has 0 saturated heterocycles. The Morgan fingerprint density at radius 3 is 2.33 bits per heavy atom. The van der Waals surface area contributed by atoms with Crippen molar-refractivity contribution in [1.29, 1.82) is 0 Å². The minimum Gasteiger partial charge on any atom is -0.330 e. The second kappa shape index (κ2) is 3.62. The average Bonchev–Trinajstić information content (AvgIpc) is 2.87. The van der Waals surface area contributed by atoms with E-state index in [1.54, 1.807) is 0 Å². The molecule has 0 aromatic heterocycles. The largest absolute Gasteiger partial charge is 0.330 e. The average molecular weight is 202 g/mol. The van der Waals surface area contributed by atoms with Crippen LogP contribution in [0.3, 0.4) is 0 Å². The van der Waals surface area contributed by atoms with E-state index >= 15 is 0 Å². The molecule has 2 N–H and O–H groups in total. The van der Waals surface area contributed by atoms with Gasteiger partial charge in [-0.1, -0.05) is 24.3 Å². The molecular formula is C13H18N2. The lowest BCUT2D eigenvalue weighted by Gasteiger charge is -2.14. The highest BCUT2D eigenvalue weighted by atomic mass is 15.1. The van der Waals surface area contributed by atoms with Crippen LogP contribution >= 0.6 is 0 Å². The zero-order chi connectivity index (χ0) is 10.3. The van der Waals surface area contributed by atoms with Gasteiger partial charge in [0.1, 0.15) is 0 Å². The maximum Gasteiger partial charge on any atom is 0.0240 e. The van der Waals surface area contributed by atoms with Gasteiger partial charge in [-0.05, 0) is 35.9 Å². The van der Waals surface area contributed by atoms with E-state index in [9.17, 15) is 0 Å². The zero-order valence-corrected chi connectivity index (χ0v) is 9.02. The second-order valence-electron chi connectivity index (χ2n) is 4.93. The highest BCUT2D eigenvalue weighted by Gasteiger charge is 2.37. The molecule has 3 rings (SSSR count). The summed E-state index contributed by atoms with van der Waals surface area (Å²) in [5.41, 5.74) is 8.70. The summed E-state index contributed by atoms with van der Waals surface area (Å²) in [5.74, 6) is 1.69. The molecule has 1 aliphatic heterocycles. The quantitative estimate of drug-likeness (QED) is 0.806. The Bertz CT molecular complexity index is 336. The predicted molar refractivity (Wildman–Crippen MR) is 61.2 cm³/mol. The van der Waals surface area contributed by atoms with Crippen LogP contribution in [-0.4, -0.2) is 18.0 Å². The Kier molecular flexibility index (Phi) is 2.26. The summed E-state index contributed by atoms with van der Waals surface area (Å²) in [7, 11) is 0. The van der Waals surface area contributed by atoms with Gasteiger partial charge in [0.15, 0.2) is 0 Å². The third-order valence-corrected chi connectivity index (χ3v) is 3.77. The van der Waals surface area contributed by atoms with Crippen molar-refractivity contribution >= 4 is 0 Å². The zero-order valence-electron chi connectivity index (χ0n) is 9.02. The summed E-state index contributed by atoms with van der Waals surface area (Å²) in [5, 5.41) is 0. The van der Waals surface area contributed by atoms with Crippen molar-refractivity contribution in [3.63, 3.8) is 0 Å². The smallest absolute Gasteiger partial charge is 0.0240 e. The Morgan fingerprint density at radius 1 is 1.13 bits per heavy atom. The molecule has 2 atom stereocenters. The highest BCUT2D eigenvalue weighted by Crippen LogP contribution is 2.39. The summed E-state index contributed by atoms with van der Waals surface area (Å²) in [4.78, 5) is 2.56. The number of nitrogens with two attached hydrogens (primary N) is 1. The standard InChI is InChI=1S/C13H18N2/c14-6-12-5-13(12)9-15-7-10-3-1-2-4-11(10)8-15/h1-4,12-13H,5-9,14H2/t12-,13-/m1/s1. The van der Waals surface area contributed by atoms with Gasteiger partial charge < -0.3 is 5.73 Å². The first-order valence-electron chi connectivity index (χ1n) is 5.86. The fraction of sp³-hybridized carbons (Fsp3) is 0.538. The van der Waals surface area contributed by atoms with Gasteiger partial charge in [-0.15, -0.1) is 0 Å². The van der Waals surface area contributed by atoms with Crippen LogP contribution in [0.15, 0.2) is 24.3 Å². The van der Waals surface area contributed by atoms with Crippen LogP contribution < -0.4 is 5.73 Å². The van der Waals surface area contributed by atoms with E-state index in [4.69, 9.17) is 5.73 Å². The van der Waals surface area contributed by atoms with E-state index in [0.29, 0.717) is 0 Å². The van der Waals surface area contributed by atoms with Gasteiger partial charge in [-0.2, -0.15) is 0 Å². The third-order valence-electron chi connectivity index (χ3n) is 3.77. The van der Waals surface area contributed by atoms with Crippen LogP contribution in [0, 0.1) is 11.8 Å². The van der Waals surface area contributed by atoms with Gasteiger partial charge in [-0.3, -0.25) is 4.90 Å². The van der Waals surface area contributed by atoms with Crippen molar-refractivity contribution < 1.29 is 0 Å². The molecule has 1 fully saturated rings. The van der Waals surface area contributed by atoms with E-state index in [1.807, 2.05) is 0 Å². The Morgan fingerprint density at radius 2 is 1.80 bits per heavy atom. The SMILES string of the molecule is NC[C@H]1C[C@@H]1CN1Cc2ccccc2C1. The molecule has 2 nitrogen and oxygen atoms in total. The minimum absolute atomic E-state index is 0.814. The van der Waals surface area contributed by atoms with E-state index in [1.165, 1.54) is 24.1 Å². The van der Waals surface area contributed by atoms with Gasteiger partial charge >= 0.3 is 0 Å². The van der Waals surface area contributed by atoms with E-state index in [2.05, 4.69) is 29.2 Å². The van der Waals surface area contributed by atoms with Crippen LogP contribution in [0.5, 0.6) is 0 Å². The minimum atomic E-state index is 0.814. The monoisotopic (exact) mass is 202 g/mol. The van der Waals surface area contributed by atoms with Crippen molar-refractivity contribution in [2.45, 2.75) is 19.5 Å². The van der Waals surface area contributed by atoms with Crippen molar-refractivity contribution in [2.75, 3.05) is 13.1 Å². The number of fused-ring (bicyclic) bond motifs is 1. The first-order chi connectivity index (χ1) is 7.36. The summed E-state index contributed by atoms with van der Waals surface area (Å²) >= 11 is 0. The lowest BCUT2D eigenvalue weighted by Crippen LogP contribution is -2.20. The van der Waals surface area contributed by atoms with Gasteiger partial charge in [0.05, 0.1) is 0 Å². The van der Waals surface area contributed by atoms with Crippen LogP contribution in [0.1, 0.15) is 17.5 Å².